The summed E-state index contributed by atoms with van der Waals surface area (Å²) in [4.78, 5) is 27.6. The lowest BCUT2D eigenvalue weighted by atomic mass is 9.99. The van der Waals surface area contributed by atoms with Crippen molar-refractivity contribution in [1.29, 1.82) is 0 Å². The fraction of sp³-hybridized carbons (Fsp3) is 0.421. The van der Waals surface area contributed by atoms with Gasteiger partial charge in [0.25, 0.3) is 11.6 Å². The number of benzene rings is 1. The molecule has 4 heterocycles. The van der Waals surface area contributed by atoms with Gasteiger partial charge >= 0.3 is 0 Å². The Labute approximate surface area is 170 Å². The fourth-order valence-electron chi connectivity index (χ4n) is 4.07. The summed E-state index contributed by atoms with van der Waals surface area (Å²) in [6, 6.07) is 3.35. The van der Waals surface area contributed by atoms with Gasteiger partial charge in [-0.3, -0.25) is 19.8 Å². The Bertz CT molecular complexity index is 1030. The highest BCUT2D eigenvalue weighted by atomic mass is 32.1. The highest BCUT2D eigenvalue weighted by Crippen LogP contribution is 2.44. The lowest BCUT2D eigenvalue weighted by Crippen LogP contribution is -2.39. The number of amides is 1. The molecule has 9 nitrogen and oxygen atoms in total. The van der Waals surface area contributed by atoms with Crippen molar-refractivity contribution in [2.24, 2.45) is 0 Å². The van der Waals surface area contributed by atoms with Crippen molar-refractivity contribution >= 4 is 27.9 Å². The van der Waals surface area contributed by atoms with Gasteiger partial charge in [-0.1, -0.05) is 0 Å². The van der Waals surface area contributed by atoms with Gasteiger partial charge in [0.1, 0.15) is 11.2 Å². The molecule has 0 aliphatic carbocycles. The van der Waals surface area contributed by atoms with Crippen molar-refractivity contribution in [3.8, 4) is 11.5 Å². The second-order valence-electron chi connectivity index (χ2n) is 7.59. The van der Waals surface area contributed by atoms with E-state index in [0.29, 0.717) is 28.7 Å². The maximum atomic E-state index is 12.9. The monoisotopic (exact) mass is 416 g/mol. The van der Waals surface area contributed by atoms with Gasteiger partial charge in [-0.15, -0.1) is 11.3 Å². The molecule has 1 aromatic carbocycles. The smallest absolute Gasteiger partial charge is 0.280 e. The first-order valence-electron chi connectivity index (χ1n) is 9.46. The number of hydrogen-bond donors (Lipinski definition) is 2. The summed E-state index contributed by atoms with van der Waals surface area (Å²) in [6.07, 6.45) is 0.106. The van der Waals surface area contributed by atoms with E-state index in [4.69, 9.17) is 9.47 Å². The molecule has 3 aliphatic heterocycles. The largest absolute Gasteiger partial charge is 0.454 e. The van der Waals surface area contributed by atoms with Crippen molar-refractivity contribution in [3.63, 3.8) is 0 Å². The van der Waals surface area contributed by atoms with Crippen LogP contribution in [0.25, 0.3) is 0 Å². The maximum absolute atomic E-state index is 12.9. The van der Waals surface area contributed by atoms with E-state index in [1.807, 2.05) is 0 Å². The quantitative estimate of drug-likeness (QED) is 0.585. The number of nitrogens with zero attached hydrogens (tertiary/aromatic N) is 2. The van der Waals surface area contributed by atoms with E-state index in [9.17, 15) is 14.9 Å². The lowest BCUT2D eigenvalue weighted by molar-refractivity contribution is -0.385. The van der Waals surface area contributed by atoms with Crippen molar-refractivity contribution in [2.45, 2.75) is 39.0 Å². The molecule has 2 aromatic rings. The number of nitrogens with one attached hydrogen (secondary N) is 2. The SMILES string of the molecule is CC(C)N1CCc2c(sc3c2C(=O)N[C@H](c2cc4c(cc2[N+](=O)[O-])OCO4)N3)C1. The fourth-order valence-corrected chi connectivity index (χ4v) is 5.37. The molecule has 0 spiro atoms. The zero-order valence-electron chi connectivity index (χ0n) is 16.0. The highest BCUT2D eigenvalue weighted by Gasteiger charge is 2.37. The van der Waals surface area contributed by atoms with Crippen LogP contribution >= 0.6 is 11.3 Å². The summed E-state index contributed by atoms with van der Waals surface area (Å²) in [5.41, 5.74) is 1.98. The van der Waals surface area contributed by atoms with Crippen LogP contribution in [0.3, 0.4) is 0 Å². The van der Waals surface area contributed by atoms with Crippen LogP contribution in [0.1, 0.15) is 46.4 Å². The normalized spacial score (nSPS) is 20.1. The van der Waals surface area contributed by atoms with Gasteiger partial charge in [0.15, 0.2) is 11.5 Å². The van der Waals surface area contributed by atoms with Crippen LogP contribution in [0.5, 0.6) is 11.5 Å². The Morgan fingerprint density at radius 2 is 2.03 bits per heavy atom. The zero-order valence-corrected chi connectivity index (χ0v) is 16.8. The number of carbonyl (C=O) groups excluding carboxylic acids is 1. The van der Waals surface area contributed by atoms with Gasteiger partial charge in [-0.2, -0.15) is 0 Å². The van der Waals surface area contributed by atoms with Crippen molar-refractivity contribution in [2.75, 3.05) is 18.7 Å². The average molecular weight is 416 g/mol. The van der Waals surface area contributed by atoms with Gasteiger partial charge < -0.3 is 20.1 Å². The van der Waals surface area contributed by atoms with Gasteiger partial charge in [0.05, 0.1) is 22.1 Å². The summed E-state index contributed by atoms with van der Waals surface area (Å²) < 4.78 is 10.6. The van der Waals surface area contributed by atoms with Gasteiger partial charge in [0.2, 0.25) is 6.79 Å². The number of fused-ring (bicyclic) bond motifs is 4. The van der Waals surface area contributed by atoms with Crippen LogP contribution in [-0.2, 0) is 13.0 Å². The molecule has 5 rings (SSSR count). The minimum Gasteiger partial charge on any atom is -0.454 e. The number of thiophene rings is 1. The van der Waals surface area contributed by atoms with Crippen molar-refractivity contribution in [3.05, 3.63) is 43.8 Å². The molecular formula is C19H20N4O5S. The molecule has 1 atom stereocenters. The average Bonchev–Trinajstić information content (AvgIpc) is 3.29. The van der Waals surface area contributed by atoms with E-state index in [-0.39, 0.29) is 18.4 Å². The molecule has 152 valence electrons. The third-order valence-electron chi connectivity index (χ3n) is 5.62. The van der Waals surface area contributed by atoms with Crippen LogP contribution in [0.2, 0.25) is 0 Å². The predicted molar refractivity (Wildman–Crippen MR) is 107 cm³/mol. The molecule has 0 fully saturated rings. The number of nitro benzene ring substituents is 1. The third kappa shape index (κ3) is 2.90. The minimum absolute atomic E-state index is 0.0224. The Hall–Kier alpha value is -2.85. The number of hydrogen-bond acceptors (Lipinski definition) is 8. The van der Waals surface area contributed by atoms with E-state index < -0.39 is 11.1 Å². The maximum Gasteiger partial charge on any atom is 0.280 e. The summed E-state index contributed by atoms with van der Waals surface area (Å²) in [5, 5.41) is 18.6. The van der Waals surface area contributed by atoms with Crippen LogP contribution in [-0.4, -0.2) is 35.1 Å². The molecule has 1 aromatic heterocycles. The van der Waals surface area contributed by atoms with Crippen LogP contribution in [0.15, 0.2) is 12.1 Å². The van der Waals surface area contributed by atoms with E-state index >= 15 is 0 Å². The number of rotatable bonds is 3. The minimum atomic E-state index is -0.716. The van der Waals surface area contributed by atoms with Crippen LogP contribution in [0.4, 0.5) is 10.7 Å². The molecule has 0 radical (unpaired) electrons. The molecule has 3 aliphatic rings. The van der Waals surface area contributed by atoms with Crippen molar-refractivity contribution < 1.29 is 19.2 Å². The highest BCUT2D eigenvalue weighted by molar-refractivity contribution is 7.16. The molecule has 29 heavy (non-hydrogen) atoms. The first kappa shape index (κ1) is 18.2. The van der Waals surface area contributed by atoms with Crippen LogP contribution < -0.4 is 20.1 Å². The third-order valence-corrected chi connectivity index (χ3v) is 6.77. The second kappa shape index (κ2) is 6.60. The number of ether oxygens (including phenoxy) is 2. The molecule has 10 heteroatoms. The topological polar surface area (TPSA) is 106 Å². The molecule has 0 bridgehead atoms. The zero-order chi connectivity index (χ0) is 20.3. The molecular weight excluding hydrogens is 396 g/mol. The van der Waals surface area contributed by atoms with Crippen LogP contribution in [0, 0.1) is 10.1 Å². The Balaban J connectivity index is 1.52. The summed E-state index contributed by atoms with van der Waals surface area (Å²) >= 11 is 1.56. The number of anilines is 1. The predicted octanol–water partition coefficient (Wildman–Crippen LogP) is 3.01. The molecule has 1 amide bonds. The lowest BCUT2D eigenvalue weighted by Gasteiger charge is -2.30. The number of nitro groups is 1. The standard InChI is InChI=1S/C19H20N4O5S/c1-9(2)22-4-3-10-15(7-22)29-19-16(10)18(24)20-17(21-19)11-5-13-14(28-8-27-13)6-12(11)23(25)26/h5-6,9,17,21H,3-4,7-8H2,1-2H3,(H,20,24)/t17-/m0/s1. The summed E-state index contributed by atoms with van der Waals surface area (Å²) in [7, 11) is 0. The van der Waals surface area contributed by atoms with E-state index in [1.165, 1.54) is 10.9 Å². The Morgan fingerprint density at radius 3 is 2.76 bits per heavy atom. The van der Waals surface area contributed by atoms with Gasteiger partial charge in [0, 0.05) is 24.0 Å². The number of carbonyl (C=O) groups is 1. The van der Waals surface area contributed by atoms with E-state index in [1.54, 1.807) is 17.4 Å². The van der Waals surface area contributed by atoms with Gasteiger partial charge in [-0.05, 0) is 31.9 Å². The second-order valence-corrected chi connectivity index (χ2v) is 8.70. The Kier molecular flexibility index (Phi) is 4.14. The van der Waals surface area contributed by atoms with Gasteiger partial charge in [-0.25, -0.2) is 0 Å². The molecule has 2 N–H and O–H groups in total. The molecule has 0 saturated heterocycles. The van der Waals surface area contributed by atoms with E-state index in [0.717, 1.165) is 30.1 Å². The van der Waals surface area contributed by atoms with E-state index in [2.05, 4.69) is 29.4 Å². The molecule has 0 unspecified atom stereocenters. The molecule has 0 saturated carbocycles. The Morgan fingerprint density at radius 1 is 1.28 bits per heavy atom. The first-order chi connectivity index (χ1) is 13.9. The summed E-state index contributed by atoms with van der Waals surface area (Å²) in [5.74, 6) is 0.570. The van der Waals surface area contributed by atoms with Crippen molar-refractivity contribution in [1.82, 2.24) is 10.2 Å². The summed E-state index contributed by atoms with van der Waals surface area (Å²) in [6.45, 7) is 6.08. The first-order valence-corrected chi connectivity index (χ1v) is 10.3.